The van der Waals surface area contributed by atoms with E-state index in [9.17, 15) is 13.2 Å². The number of sulfonamides is 1. The van der Waals surface area contributed by atoms with Crippen molar-refractivity contribution in [2.75, 3.05) is 17.6 Å². The molecular formula is C26H32N4O4S. The normalized spacial score (nSPS) is 16.6. The average molecular weight is 497 g/mol. The van der Waals surface area contributed by atoms with Crippen molar-refractivity contribution in [3.05, 3.63) is 65.5 Å². The molecule has 2 N–H and O–H groups in total. The van der Waals surface area contributed by atoms with Crippen LogP contribution in [0.25, 0.3) is 11.5 Å². The number of carbonyl (C=O) groups excluding carboxylic acids is 1. The van der Waals surface area contributed by atoms with Gasteiger partial charge in [0, 0.05) is 24.1 Å². The summed E-state index contributed by atoms with van der Waals surface area (Å²) in [5, 5.41) is 8.38. The highest BCUT2D eigenvalue weighted by Crippen LogP contribution is 2.33. The van der Waals surface area contributed by atoms with Gasteiger partial charge < -0.3 is 10.2 Å². The van der Waals surface area contributed by atoms with Crippen LogP contribution >= 0.6 is 0 Å². The van der Waals surface area contributed by atoms with E-state index < -0.39 is 15.6 Å². The Morgan fingerprint density at radius 2 is 1.80 bits per heavy atom. The molecule has 8 nitrogen and oxygen atoms in total. The molecule has 1 saturated carbocycles. The lowest BCUT2D eigenvalue weighted by Gasteiger charge is -2.22. The quantitative estimate of drug-likeness (QED) is 0.461. The minimum Gasteiger partial charge on any atom is -0.419 e. The van der Waals surface area contributed by atoms with Crippen molar-refractivity contribution >= 4 is 21.5 Å². The van der Waals surface area contributed by atoms with Crippen LogP contribution in [-0.2, 0) is 22.0 Å². The van der Waals surface area contributed by atoms with Gasteiger partial charge in [0.1, 0.15) is 0 Å². The number of hydrogen-bond acceptors (Lipinski definition) is 7. The molecule has 1 aliphatic rings. The van der Waals surface area contributed by atoms with Crippen LogP contribution in [0.2, 0.25) is 0 Å². The van der Waals surface area contributed by atoms with E-state index in [1.165, 1.54) is 7.05 Å². The molecule has 0 radical (unpaired) electrons. The lowest BCUT2D eigenvalue weighted by atomic mass is 9.83. The molecule has 0 bridgehead atoms. The third-order valence-electron chi connectivity index (χ3n) is 6.61. The van der Waals surface area contributed by atoms with E-state index in [-0.39, 0.29) is 23.5 Å². The number of nitrogens with zero attached hydrogens (tertiary/aromatic N) is 3. The summed E-state index contributed by atoms with van der Waals surface area (Å²) in [5.74, 6) is 0.401. The van der Waals surface area contributed by atoms with E-state index >= 15 is 0 Å². The van der Waals surface area contributed by atoms with Gasteiger partial charge in [0.25, 0.3) is 0 Å². The van der Waals surface area contributed by atoms with Crippen molar-refractivity contribution < 1.29 is 17.6 Å². The molecule has 0 amide bonds. The minimum atomic E-state index is -3.54. The summed E-state index contributed by atoms with van der Waals surface area (Å²) in [7, 11) is -2.08. The molecule has 35 heavy (non-hydrogen) atoms. The highest BCUT2D eigenvalue weighted by molar-refractivity contribution is 7.92. The van der Waals surface area contributed by atoms with Gasteiger partial charge in [0.2, 0.25) is 21.8 Å². The van der Waals surface area contributed by atoms with Crippen LogP contribution in [0.4, 0.5) is 5.69 Å². The zero-order valence-electron chi connectivity index (χ0n) is 20.4. The lowest BCUT2D eigenvalue weighted by Crippen LogP contribution is -2.35. The first kappa shape index (κ1) is 25.1. The van der Waals surface area contributed by atoms with Crippen LogP contribution in [0, 0.1) is 5.92 Å². The Hall–Kier alpha value is -3.04. The molecule has 9 heteroatoms. The predicted molar refractivity (Wildman–Crippen MR) is 136 cm³/mol. The van der Waals surface area contributed by atoms with Crippen LogP contribution in [0.3, 0.4) is 0 Å². The van der Waals surface area contributed by atoms with Crippen molar-refractivity contribution in [2.45, 2.75) is 51.0 Å². The topological polar surface area (TPSA) is 119 Å². The molecule has 3 aromatic rings. The number of hydrogen-bond donors (Lipinski definition) is 1. The summed E-state index contributed by atoms with van der Waals surface area (Å²) in [6, 6.07) is 14.8. The molecule has 1 fully saturated rings. The Morgan fingerprint density at radius 3 is 2.46 bits per heavy atom. The van der Waals surface area contributed by atoms with Gasteiger partial charge in [0.05, 0.1) is 17.5 Å². The zero-order chi connectivity index (χ0) is 25.2. The van der Waals surface area contributed by atoms with Gasteiger partial charge >= 0.3 is 0 Å². The number of anilines is 1. The van der Waals surface area contributed by atoms with Gasteiger partial charge in [-0.3, -0.25) is 9.10 Å². The summed E-state index contributed by atoms with van der Waals surface area (Å²) in [6.45, 7) is 1.82. The SMILES string of the molecule is CN(c1cc(C(=O)C2CCCCC2)cc(-c2nnc([C@@](C)(N)Cc3ccccc3)o2)c1)S(C)(=O)=O. The summed E-state index contributed by atoms with van der Waals surface area (Å²) in [4.78, 5) is 13.3. The van der Waals surface area contributed by atoms with Gasteiger partial charge in [0.15, 0.2) is 5.78 Å². The first-order valence-corrected chi connectivity index (χ1v) is 13.7. The fourth-order valence-electron chi connectivity index (χ4n) is 4.52. The molecule has 1 heterocycles. The second kappa shape index (κ2) is 9.91. The van der Waals surface area contributed by atoms with E-state index in [4.69, 9.17) is 10.2 Å². The number of ketones is 1. The van der Waals surface area contributed by atoms with Crippen molar-refractivity contribution in [3.63, 3.8) is 0 Å². The molecular weight excluding hydrogens is 464 g/mol. The molecule has 1 atom stereocenters. The first-order chi connectivity index (χ1) is 16.5. The van der Waals surface area contributed by atoms with Crippen molar-refractivity contribution in [1.82, 2.24) is 10.2 Å². The van der Waals surface area contributed by atoms with E-state index in [0.717, 1.165) is 48.2 Å². The number of Topliss-reactive ketones (excluding diaryl/α,β-unsaturated/α-hetero) is 1. The van der Waals surface area contributed by atoms with Crippen LogP contribution in [-0.4, -0.2) is 37.7 Å². The summed E-state index contributed by atoms with van der Waals surface area (Å²) in [6.07, 6.45) is 6.49. The van der Waals surface area contributed by atoms with E-state index in [0.29, 0.717) is 23.2 Å². The second-order valence-electron chi connectivity index (χ2n) is 9.69. The maximum Gasteiger partial charge on any atom is 0.247 e. The molecule has 1 aliphatic carbocycles. The maximum atomic E-state index is 13.3. The lowest BCUT2D eigenvalue weighted by molar-refractivity contribution is 0.0889. The van der Waals surface area contributed by atoms with Gasteiger partial charge in [-0.2, -0.15) is 0 Å². The Labute approximate surface area is 206 Å². The molecule has 0 unspecified atom stereocenters. The third-order valence-corrected chi connectivity index (χ3v) is 7.82. The molecule has 186 valence electrons. The monoisotopic (exact) mass is 496 g/mol. The zero-order valence-corrected chi connectivity index (χ0v) is 21.2. The first-order valence-electron chi connectivity index (χ1n) is 11.8. The van der Waals surface area contributed by atoms with Crippen molar-refractivity contribution in [2.24, 2.45) is 11.7 Å². The summed E-state index contributed by atoms with van der Waals surface area (Å²) >= 11 is 0. The van der Waals surface area contributed by atoms with Crippen molar-refractivity contribution in [1.29, 1.82) is 0 Å². The fourth-order valence-corrected chi connectivity index (χ4v) is 5.01. The predicted octanol–water partition coefficient (Wildman–Crippen LogP) is 4.31. The molecule has 0 saturated heterocycles. The summed E-state index contributed by atoms with van der Waals surface area (Å²) < 4.78 is 31.6. The standard InChI is InChI=1S/C26H32N4O4S/c1-26(27,17-18-10-6-4-7-11-18)25-29-28-24(34-25)21-14-20(23(31)19-12-8-5-9-13-19)15-22(16-21)30(2)35(3,32)33/h4,6-7,10-11,14-16,19H,5,8-9,12-13,17,27H2,1-3H3/t26-/m0/s1. The Balaban J connectivity index is 1.70. The van der Waals surface area contributed by atoms with E-state index in [1.54, 1.807) is 18.2 Å². The second-order valence-corrected chi connectivity index (χ2v) is 11.7. The molecule has 4 rings (SSSR count). The minimum absolute atomic E-state index is 0.0159. The molecule has 2 aromatic carbocycles. The summed E-state index contributed by atoms with van der Waals surface area (Å²) in [5.41, 5.74) is 7.95. The fraction of sp³-hybridized carbons (Fsp3) is 0.423. The number of carbonyl (C=O) groups is 1. The Kier molecular flexibility index (Phi) is 7.10. The largest absolute Gasteiger partial charge is 0.419 e. The highest BCUT2D eigenvalue weighted by atomic mass is 32.2. The Morgan fingerprint density at radius 1 is 1.11 bits per heavy atom. The molecule has 1 aromatic heterocycles. The van der Waals surface area contributed by atoms with E-state index in [1.807, 2.05) is 37.3 Å². The van der Waals surface area contributed by atoms with Crippen LogP contribution in [0.15, 0.2) is 52.9 Å². The maximum absolute atomic E-state index is 13.3. The van der Waals surface area contributed by atoms with Gasteiger partial charge in [-0.25, -0.2) is 8.42 Å². The van der Waals surface area contributed by atoms with Crippen LogP contribution in [0.1, 0.15) is 60.8 Å². The number of rotatable bonds is 8. The van der Waals surface area contributed by atoms with Crippen LogP contribution in [0.5, 0.6) is 0 Å². The third kappa shape index (κ3) is 5.79. The Bertz CT molecular complexity index is 1300. The van der Waals surface area contributed by atoms with Crippen molar-refractivity contribution in [3.8, 4) is 11.5 Å². The number of aromatic nitrogens is 2. The number of nitrogens with two attached hydrogens (primary N) is 1. The highest BCUT2D eigenvalue weighted by Gasteiger charge is 2.30. The molecule has 0 aliphatic heterocycles. The van der Waals surface area contributed by atoms with Crippen LogP contribution < -0.4 is 10.0 Å². The molecule has 0 spiro atoms. The smallest absolute Gasteiger partial charge is 0.247 e. The van der Waals surface area contributed by atoms with Gasteiger partial charge in [-0.1, -0.05) is 49.6 Å². The number of benzene rings is 2. The van der Waals surface area contributed by atoms with E-state index in [2.05, 4.69) is 10.2 Å². The van der Waals surface area contributed by atoms with Gasteiger partial charge in [-0.15, -0.1) is 10.2 Å². The van der Waals surface area contributed by atoms with Gasteiger partial charge in [-0.05, 0) is 49.9 Å². The average Bonchev–Trinajstić information content (AvgIpc) is 3.35.